The van der Waals surface area contributed by atoms with Crippen LogP contribution in [-0.2, 0) is 5.75 Å². The van der Waals surface area contributed by atoms with Gasteiger partial charge in [0, 0.05) is 37.2 Å². The van der Waals surface area contributed by atoms with Crippen LogP contribution in [0, 0.1) is 0 Å². The monoisotopic (exact) mass is 243 g/mol. The molecule has 0 unspecified atom stereocenters. The van der Waals surface area contributed by atoms with Crippen molar-refractivity contribution in [2.75, 3.05) is 0 Å². The molecule has 0 spiro atoms. The molecule has 17 heavy (non-hydrogen) atoms. The van der Waals surface area contributed by atoms with Crippen LogP contribution in [-0.4, -0.2) is 24.3 Å². The minimum atomic E-state index is 0.695. The Bertz CT molecular complexity index is 622. The van der Waals surface area contributed by atoms with Gasteiger partial charge in [0.05, 0.1) is 5.75 Å². The van der Waals surface area contributed by atoms with Crippen molar-refractivity contribution >= 4 is 17.4 Å². The van der Waals surface area contributed by atoms with Crippen molar-refractivity contribution < 1.29 is 0 Å². The molecule has 0 N–H and O–H groups in total. The first kappa shape index (κ1) is 10.2. The zero-order valence-electron chi connectivity index (χ0n) is 8.89. The Morgan fingerprint density at radius 1 is 0.941 bits per heavy atom. The third-order valence-corrected chi connectivity index (χ3v) is 3.20. The third kappa shape index (κ3) is 2.12. The van der Waals surface area contributed by atoms with E-state index in [9.17, 15) is 0 Å². The van der Waals surface area contributed by atoms with Gasteiger partial charge in [-0.25, -0.2) is 19.9 Å². The number of fused-ring (bicyclic) bond motifs is 1. The van der Waals surface area contributed by atoms with Crippen molar-refractivity contribution in [3.63, 3.8) is 0 Å². The van der Waals surface area contributed by atoms with Crippen molar-refractivity contribution in [1.29, 1.82) is 0 Å². The molecule has 3 aromatic heterocycles. The first-order chi connectivity index (χ1) is 8.43. The summed E-state index contributed by atoms with van der Waals surface area (Å²) in [6, 6.07) is 1.81. The third-order valence-electron chi connectivity index (χ3n) is 2.24. The van der Waals surface area contributed by atoms with Crippen molar-refractivity contribution in [2.24, 2.45) is 0 Å². The molecule has 0 aliphatic carbocycles. The molecule has 6 heteroatoms. The number of rotatable bonds is 3. The standard InChI is InChI=1S/C11H9N5S/c1-2-12-9(13-3-1)8-17-11-10-14-4-6-16(10)7-5-15-11/h1-7H,8H2. The number of aromatic nitrogens is 5. The predicted octanol–water partition coefficient (Wildman–Crippen LogP) is 1.81. The van der Waals surface area contributed by atoms with Gasteiger partial charge in [-0.1, -0.05) is 11.8 Å². The highest BCUT2D eigenvalue weighted by Gasteiger charge is 2.05. The molecule has 0 aliphatic heterocycles. The molecule has 0 radical (unpaired) electrons. The number of nitrogens with zero attached hydrogens (tertiary/aromatic N) is 5. The molecule has 3 heterocycles. The number of thioether (sulfide) groups is 1. The molecule has 0 saturated heterocycles. The van der Waals surface area contributed by atoms with Gasteiger partial charge in [0.2, 0.25) is 0 Å². The number of imidazole rings is 1. The molecular formula is C11H9N5S. The second kappa shape index (κ2) is 4.50. The van der Waals surface area contributed by atoms with Gasteiger partial charge in [-0.3, -0.25) is 0 Å². The maximum absolute atomic E-state index is 4.32. The van der Waals surface area contributed by atoms with Crippen LogP contribution in [0.1, 0.15) is 5.82 Å². The molecule has 0 saturated carbocycles. The minimum Gasteiger partial charge on any atom is -0.303 e. The van der Waals surface area contributed by atoms with E-state index < -0.39 is 0 Å². The topological polar surface area (TPSA) is 56.0 Å². The summed E-state index contributed by atoms with van der Waals surface area (Å²) < 4.78 is 1.95. The first-order valence-corrected chi connectivity index (χ1v) is 6.08. The van der Waals surface area contributed by atoms with Crippen LogP contribution in [0.25, 0.3) is 5.65 Å². The fraction of sp³-hybridized carbons (Fsp3) is 0.0909. The average molecular weight is 243 g/mol. The minimum absolute atomic E-state index is 0.695. The lowest BCUT2D eigenvalue weighted by atomic mass is 10.6. The van der Waals surface area contributed by atoms with Crippen molar-refractivity contribution in [2.45, 2.75) is 10.8 Å². The largest absolute Gasteiger partial charge is 0.303 e. The number of hydrogen-bond acceptors (Lipinski definition) is 5. The lowest BCUT2D eigenvalue weighted by Crippen LogP contribution is -1.93. The van der Waals surface area contributed by atoms with Crippen LogP contribution in [0.5, 0.6) is 0 Å². The fourth-order valence-electron chi connectivity index (χ4n) is 1.47. The van der Waals surface area contributed by atoms with Crippen LogP contribution in [0.4, 0.5) is 0 Å². The zero-order chi connectivity index (χ0) is 11.5. The van der Waals surface area contributed by atoms with Gasteiger partial charge >= 0.3 is 0 Å². The van der Waals surface area contributed by atoms with Crippen molar-refractivity contribution in [1.82, 2.24) is 24.3 Å². The Labute approximate surface area is 102 Å². The van der Waals surface area contributed by atoms with Crippen LogP contribution in [0.15, 0.2) is 48.3 Å². The summed E-state index contributed by atoms with van der Waals surface area (Å²) >= 11 is 1.59. The van der Waals surface area contributed by atoms with Gasteiger partial charge in [0.25, 0.3) is 0 Å². The quantitative estimate of drug-likeness (QED) is 0.657. The maximum atomic E-state index is 4.32. The van der Waals surface area contributed by atoms with E-state index in [1.807, 2.05) is 22.9 Å². The maximum Gasteiger partial charge on any atom is 0.169 e. The Balaban J connectivity index is 1.84. The number of hydrogen-bond donors (Lipinski definition) is 0. The Kier molecular flexibility index (Phi) is 2.71. The smallest absolute Gasteiger partial charge is 0.169 e. The molecule has 3 rings (SSSR count). The zero-order valence-corrected chi connectivity index (χ0v) is 9.71. The van der Waals surface area contributed by atoms with Gasteiger partial charge < -0.3 is 4.40 Å². The summed E-state index contributed by atoms with van der Waals surface area (Å²) in [5, 5.41) is 0.893. The van der Waals surface area contributed by atoms with E-state index in [1.54, 1.807) is 36.5 Å². The lowest BCUT2D eigenvalue weighted by Gasteiger charge is -2.01. The van der Waals surface area contributed by atoms with Crippen LogP contribution < -0.4 is 0 Å². The van der Waals surface area contributed by atoms with E-state index in [0.29, 0.717) is 5.75 Å². The molecule has 0 bridgehead atoms. The van der Waals surface area contributed by atoms with Gasteiger partial charge in [-0.15, -0.1) is 0 Å². The SMILES string of the molecule is c1cnc(CSc2nccn3ccnc23)nc1. The van der Waals surface area contributed by atoms with Crippen molar-refractivity contribution in [3.05, 3.63) is 49.1 Å². The van der Waals surface area contributed by atoms with Crippen molar-refractivity contribution in [3.8, 4) is 0 Å². The van der Waals surface area contributed by atoms with Gasteiger partial charge in [0.15, 0.2) is 5.65 Å². The van der Waals surface area contributed by atoms with E-state index in [0.717, 1.165) is 16.5 Å². The summed E-state index contributed by atoms with van der Waals surface area (Å²) in [5.74, 6) is 1.49. The molecule has 0 atom stereocenters. The van der Waals surface area contributed by atoms with Crippen LogP contribution >= 0.6 is 11.8 Å². The normalized spacial score (nSPS) is 10.8. The molecule has 5 nitrogen and oxygen atoms in total. The van der Waals surface area contributed by atoms with Crippen LogP contribution in [0.3, 0.4) is 0 Å². The molecular weight excluding hydrogens is 234 g/mol. The highest BCUT2D eigenvalue weighted by atomic mass is 32.2. The summed E-state index contributed by atoms with van der Waals surface area (Å²) in [5.41, 5.74) is 0.869. The first-order valence-electron chi connectivity index (χ1n) is 5.10. The summed E-state index contributed by atoms with van der Waals surface area (Å²) in [4.78, 5) is 16.9. The van der Waals surface area contributed by atoms with Gasteiger partial charge in [0.1, 0.15) is 10.9 Å². The van der Waals surface area contributed by atoms with Gasteiger partial charge in [-0.2, -0.15) is 0 Å². The highest BCUT2D eigenvalue weighted by Crippen LogP contribution is 2.22. The van der Waals surface area contributed by atoms with E-state index in [4.69, 9.17) is 0 Å². The van der Waals surface area contributed by atoms with E-state index in [2.05, 4.69) is 19.9 Å². The Morgan fingerprint density at radius 2 is 1.71 bits per heavy atom. The summed E-state index contributed by atoms with van der Waals surface area (Å²) in [6.07, 6.45) is 10.8. The second-order valence-corrected chi connectivity index (χ2v) is 4.31. The molecule has 3 aromatic rings. The van der Waals surface area contributed by atoms with Gasteiger partial charge in [-0.05, 0) is 6.07 Å². The Hall–Kier alpha value is -1.95. The van der Waals surface area contributed by atoms with E-state index in [1.165, 1.54) is 0 Å². The Morgan fingerprint density at radius 3 is 2.53 bits per heavy atom. The average Bonchev–Trinajstić information content (AvgIpc) is 2.86. The molecule has 0 aromatic carbocycles. The fourth-order valence-corrected chi connectivity index (χ4v) is 2.31. The second-order valence-electron chi connectivity index (χ2n) is 3.34. The molecule has 0 amide bonds. The highest BCUT2D eigenvalue weighted by molar-refractivity contribution is 7.98. The molecule has 84 valence electrons. The summed E-state index contributed by atoms with van der Waals surface area (Å²) in [7, 11) is 0. The van der Waals surface area contributed by atoms with E-state index in [-0.39, 0.29) is 0 Å². The van der Waals surface area contributed by atoms with E-state index >= 15 is 0 Å². The lowest BCUT2D eigenvalue weighted by molar-refractivity contribution is 1.01. The van der Waals surface area contributed by atoms with Crippen LogP contribution in [0.2, 0.25) is 0 Å². The predicted molar refractivity (Wildman–Crippen MR) is 64.6 cm³/mol. The molecule has 0 fully saturated rings. The summed E-state index contributed by atoms with van der Waals surface area (Å²) in [6.45, 7) is 0. The molecule has 0 aliphatic rings.